The van der Waals surface area contributed by atoms with E-state index in [0.29, 0.717) is 12.8 Å². The van der Waals surface area contributed by atoms with E-state index in [1.165, 1.54) is 25.7 Å². The molecule has 0 saturated carbocycles. The molecule has 0 saturated heterocycles. The lowest BCUT2D eigenvalue weighted by Crippen LogP contribution is -2.28. The average Bonchev–Trinajstić information content (AvgIpc) is 2.44. The fourth-order valence-corrected chi connectivity index (χ4v) is 1.96. The van der Waals surface area contributed by atoms with Gasteiger partial charge in [-0.05, 0) is 12.8 Å². The molecule has 0 aromatic rings. The van der Waals surface area contributed by atoms with Crippen molar-refractivity contribution >= 4 is 11.8 Å². The van der Waals surface area contributed by atoms with Gasteiger partial charge in [-0.1, -0.05) is 52.4 Å². The van der Waals surface area contributed by atoms with Crippen molar-refractivity contribution in [2.24, 2.45) is 0 Å². The second kappa shape index (κ2) is 14.4. The summed E-state index contributed by atoms with van der Waals surface area (Å²) in [7, 11) is 0. The molecule has 0 bridgehead atoms. The van der Waals surface area contributed by atoms with Crippen LogP contribution in [0.25, 0.3) is 0 Å². The number of hydrogen-bond acceptors (Lipinski definition) is 2. The third-order valence-electron chi connectivity index (χ3n) is 3.28. The van der Waals surface area contributed by atoms with Gasteiger partial charge in [0.2, 0.25) is 11.8 Å². The number of nitrogens with one attached hydrogen (secondary N) is 2. The fraction of sp³-hybridized carbons (Fsp3) is 0.875. The van der Waals surface area contributed by atoms with E-state index in [9.17, 15) is 9.59 Å². The predicted molar refractivity (Wildman–Crippen MR) is 83.5 cm³/mol. The molecule has 4 nitrogen and oxygen atoms in total. The first-order valence-electron chi connectivity index (χ1n) is 8.24. The van der Waals surface area contributed by atoms with E-state index in [0.717, 1.165) is 38.8 Å². The number of amides is 2. The molecule has 0 heterocycles. The third kappa shape index (κ3) is 13.4. The van der Waals surface area contributed by atoms with Gasteiger partial charge < -0.3 is 10.6 Å². The molecule has 118 valence electrons. The Labute approximate surface area is 124 Å². The molecule has 0 aromatic carbocycles. The summed E-state index contributed by atoms with van der Waals surface area (Å²) in [6, 6.07) is 0. The number of carbonyl (C=O) groups is 2. The van der Waals surface area contributed by atoms with Crippen LogP contribution in [-0.2, 0) is 9.59 Å². The Kier molecular flexibility index (Phi) is 13.6. The van der Waals surface area contributed by atoms with Crippen molar-refractivity contribution < 1.29 is 9.59 Å². The summed E-state index contributed by atoms with van der Waals surface area (Å²) in [6.45, 7) is 5.80. The van der Waals surface area contributed by atoms with Gasteiger partial charge in [-0.25, -0.2) is 0 Å². The lowest BCUT2D eigenvalue weighted by molar-refractivity contribution is -0.126. The summed E-state index contributed by atoms with van der Waals surface area (Å²) >= 11 is 0. The average molecular weight is 284 g/mol. The van der Waals surface area contributed by atoms with Gasteiger partial charge in [0.1, 0.15) is 0 Å². The van der Waals surface area contributed by atoms with E-state index in [1.807, 2.05) is 0 Å². The maximum Gasteiger partial charge on any atom is 0.220 e. The molecular weight excluding hydrogens is 252 g/mol. The highest BCUT2D eigenvalue weighted by atomic mass is 16.2. The lowest BCUT2D eigenvalue weighted by Gasteiger charge is -2.06. The molecule has 0 unspecified atom stereocenters. The molecule has 0 radical (unpaired) electrons. The van der Waals surface area contributed by atoms with E-state index in [2.05, 4.69) is 24.5 Å². The molecule has 4 heteroatoms. The maximum absolute atomic E-state index is 11.5. The van der Waals surface area contributed by atoms with Crippen LogP contribution >= 0.6 is 0 Å². The lowest BCUT2D eigenvalue weighted by atomic mass is 10.2. The zero-order valence-electron chi connectivity index (χ0n) is 13.3. The van der Waals surface area contributed by atoms with E-state index < -0.39 is 0 Å². The fourth-order valence-electron chi connectivity index (χ4n) is 1.96. The van der Waals surface area contributed by atoms with Crippen LogP contribution in [0.4, 0.5) is 0 Å². The van der Waals surface area contributed by atoms with Crippen LogP contribution in [0.1, 0.15) is 78.1 Å². The second-order valence-electron chi connectivity index (χ2n) is 5.32. The van der Waals surface area contributed by atoms with Crippen molar-refractivity contribution in [3.8, 4) is 0 Å². The van der Waals surface area contributed by atoms with Gasteiger partial charge >= 0.3 is 0 Å². The number of hydrogen-bond donors (Lipinski definition) is 2. The van der Waals surface area contributed by atoms with Gasteiger partial charge in [0.15, 0.2) is 0 Å². The topological polar surface area (TPSA) is 58.2 Å². The summed E-state index contributed by atoms with van der Waals surface area (Å²) in [5.41, 5.74) is 0. The van der Waals surface area contributed by atoms with Crippen molar-refractivity contribution in [3.05, 3.63) is 0 Å². The standard InChI is InChI=1S/C16H32N2O2/c1-3-5-7-9-13-17-15(19)11-12-16(20)18-14-10-8-6-4-2/h3-14H2,1-2H3,(H,17,19)(H,18,20). The molecule has 2 amide bonds. The highest BCUT2D eigenvalue weighted by molar-refractivity contribution is 5.83. The minimum Gasteiger partial charge on any atom is -0.356 e. The van der Waals surface area contributed by atoms with E-state index >= 15 is 0 Å². The molecule has 2 N–H and O–H groups in total. The zero-order valence-corrected chi connectivity index (χ0v) is 13.3. The quantitative estimate of drug-likeness (QED) is 0.510. The highest BCUT2D eigenvalue weighted by Crippen LogP contribution is 1.99. The van der Waals surface area contributed by atoms with E-state index in [1.54, 1.807) is 0 Å². The highest BCUT2D eigenvalue weighted by Gasteiger charge is 2.05. The van der Waals surface area contributed by atoms with Crippen LogP contribution in [-0.4, -0.2) is 24.9 Å². The normalized spacial score (nSPS) is 10.3. The van der Waals surface area contributed by atoms with Crippen molar-refractivity contribution in [3.63, 3.8) is 0 Å². The summed E-state index contributed by atoms with van der Waals surface area (Å²) in [5, 5.41) is 5.72. The minimum absolute atomic E-state index is 0.0115. The maximum atomic E-state index is 11.5. The number of rotatable bonds is 13. The van der Waals surface area contributed by atoms with Gasteiger partial charge in [-0.3, -0.25) is 9.59 Å². The summed E-state index contributed by atoms with van der Waals surface area (Å²) in [6.07, 6.45) is 9.82. The third-order valence-corrected chi connectivity index (χ3v) is 3.28. The van der Waals surface area contributed by atoms with Gasteiger partial charge in [0.05, 0.1) is 0 Å². The summed E-state index contributed by atoms with van der Waals surface area (Å²) in [5.74, 6) is -0.0229. The van der Waals surface area contributed by atoms with Crippen LogP contribution in [0.15, 0.2) is 0 Å². The first-order chi connectivity index (χ1) is 9.70. The smallest absolute Gasteiger partial charge is 0.220 e. The summed E-state index contributed by atoms with van der Waals surface area (Å²) in [4.78, 5) is 23.0. The van der Waals surface area contributed by atoms with E-state index in [-0.39, 0.29) is 11.8 Å². The van der Waals surface area contributed by atoms with Crippen molar-refractivity contribution in [1.82, 2.24) is 10.6 Å². The number of unbranched alkanes of at least 4 members (excludes halogenated alkanes) is 6. The monoisotopic (exact) mass is 284 g/mol. The van der Waals surface area contributed by atoms with Crippen LogP contribution in [0.5, 0.6) is 0 Å². The van der Waals surface area contributed by atoms with Gasteiger partial charge in [0, 0.05) is 25.9 Å². The molecule has 0 aliphatic carbocycles. The Hall–Kier alpha value is -1.06. The molecule has 0 spiro atoms. The van der Waals surface area contributed by atoms with Crippen LogP contribution in [0.3, 0.4) is 0 Å². The van der Waals surface area contributed by atoms with Crippen molar-refractivity contribution in [2.45, 2.75) is 78.1 Å². The Morgan fingerprint density at radius 2 is 1.05 bits per heavy atom. The van der Waals surface area contributed by atoms with Crippen LogP contribution in [0, 0.1) is 0 Å². The van der Waals surface area contributed by atoms with E-state index in [4.69, 9.17) is 0 Å². The zero-order chi connectivity index (χ0) is 15.1. The minimum atomic E-state index is -0.0115. The molecule has 0 aliphatic rings. The van der Waals surface area contributed by atoms with Gasteiger partial charge in [-0.15, -0.1) is 0 Å². The number of carbonyl (C=O) groups excluding carboxylic acids is 2. The molecule has 0 aromatic heterocycles. The Bertz CT molecular complexity index is 229. The molecule has 0 atom stereocenters. The van der Waals surface area contributed by atoms with Crippen molar-refractivity contribution in [2.75, 3.05) is 13.1 Å². The van der Waals surface area contributed by atoms with Gasteiger partial charge in [-0.2, -0.15) is 0 Å². The van der Waals surface area contributed by atoms with Crippen molar-refractivity contribution in [1.29, 1.82) is 0 Å². The SMILES string of the molecule is CCCCCCNC(=O)CCC(=O)NCCCCCC. The predicted octanol–water partition coefficient (Wildman–Crippen LogP) is 3.16. The first-order valence-corrected chi connectivity index (χ1v) is 8.24. The molecule has 0 fully saturated rings. The summed E-state index contributed by atoms with van der Waals surface area (Å²) < 4.78 is 0. The van der Waals surface area contributed by atoms with Gasteiger partial charge in [0.25, 0.3) is 0 Å². The molecule has 0 aliphatic heterocycles. The van der Waals surface area contributed by atoms with Crippen LogP contribution < -0.4 is 10.6 Å². The Morgan fingerprint density at radius 3 is 1.40 bits per heavy atom. The first kappa shape index (κ1) is 18.9. The molecule has 20 heavy (non-hydrogen) atoms. The Morgan fingerprint density at radius 1 is 0.650 bits per heavy atom. The Balaban J connectivity index is 3.37. The second-order valence-corrected chi connectivity index (χ2v) is 5.32. The van der Waals surface area contributed by atoms with Crippen LogP contribution in [0.2, 0.25) is 0 Å². The molecule has 0 rings (SSSR count). The molecular formula is C16H32N2O2. The largest absolute Gasteiger partial charge is 0.356 e.